The Morgan fingerprint density at radius 3 is 2.75 bits per heavy atom. The Morgan fingerprint density at radius 1 is 1.22 bits per heavy atom. The quantitative estimate of drug-likeness (QED) is 0.498. The van der Waals surface area contributed by atoms with Crippen LogP contribution in [0.3, 0.4) is 0 Å². The van der Waals surface area contributed by atoms with E-state index < -0.39 is 15.9 Å². The highest BCUT2D eigenvalue weighted by atomic mass is 32.2. The number of hydrogen-bond donors (Lipinski definition) is 2. The average molecular weight is 455 g/mol. The average Bonchev–Trinajstić information content (AvgIpc) is 3.60. The van der Waals surface area contributed by atoms with Crippen LogP contribution in [-0.4, -0.2) is 46.1 Å². The van der Waals surface area contributed by atoms with E-state index in [-0.39, 0.29) is 17.6 Å². The minimum Gasteiger partial charge on any atom is -0.477 e. The molecule has 10 nitrogen and oxygen atoms in total. The van der Waals surface area contributed by atoms with E-state index in [0.717, 1.165) is 11.1 Å². The van der Waals surface area contributed by atoms with Gasteiger partial charge in [-0.25, -0.2) is 23.4 Å². The molecule has 2 aromatic heterocycles. The predicted octanol–water partition coefficient (Wildman–Crippen LogP) is 1.93. The molecular formula is C21H22N6O4S. The number of hydrogen-bond acceptors (Lipinski definition) is 8. The molecular weight excluding hydrogens is 432 g/mol. The van der Waals surface area contributed by atoms with Crippen molar-refractivity contribution < 1.29 is 17.9 Å². The second kappa shape index (κ2) is 8.87. The number of carbonyl (C=O) groups is 1. The highest BCUT2D eigenvalue weighted by Gasteiger charge is 2.36. The van der Waals surface area contributed by atoms with E-state index in [0.29, 0.717) is 42.3 Å². The lowest BCUT2D eigenvalue weighted by atomic mass is 9.97. The Hall–Kier alpha value is -3.60. The SMILES string of the molecule is CCOc1cncc(-c2ccc(C(N)=O)cc2Cc2ccnc(NS(=O)(=O)C3CC3)n2)n1. The van der Waals surface area contributed by atoms with Gasteiger partial charge >= 0.3 is 0 Å². The molecule has 2 heterocycles. The third-order valence-electron chi connectivity index (χ3n) is 4.85. The highest BCUT2D eigenvalue weighted by Crippen LogP contribution is 2.29. The van der Waals surface area contributed by atoms with Crippen molar-refractivity contribution in [3.8, 4) is 17.1 Å². The monoisotopic (exact) mass is 454 g/mol. The van der Waals surface area contributed by atoms with Crippen molar-refractivity contribution in [1.29, 1.82) is 0 Å². The number of aromatic nitrogens is 4. The molecule has 1 aliphatic rings. The van der Waals surface area contributed by atoms with E-state index in [4.69, 9.17) is 10.5 Å². The molecule has 0 unspecified atom stereocenters. The number of anilines is 1. The van der Waals surface area contributed by atoms with Crippen LogP contribution in [-0.2, 0) is 16.4 Å². The number of benzene rings is 1. The maximum atomic E-state index is 12.2. The van der Waals surface area contributed by atoms with Crippen LogP contribution in [0.1, 0.15) is 41.4 Å². The van der Waals surface area contributed by atoms with Gasteiger partial charge in [0.15, 0.2) is 0 Å². The van der Waals surface area contributed by atoms with Crippen molar-refractivity contribution >= 4 is 21.9 Å². The first-order chi connectivity index (χ1) is 15.4. The molecule has 1 saturated carbocycles. The topological polar surface area (TPSA) is 150 Å². The summed E-state index contributed by atoms with van der Waals surface area (Å²) in [7, 11) is -3.48. The molecule has 0 atom stereocenters. The molecule has 0 aliphatic heterocycles. The Kier molecular flexibility index (Phi) is 5.99. The van der Waals surface area contributed by atoms with Gasteiger partial charge in [-0.05, 0) is 43.5 Å². The molecule has 1 aromatic carbocycles. The summed E-state index contributed by atoms with van der Waals surface area (Å²) in [5, 5.41) is -0.384. The molecule has 0 bridgehead atoms. The van der Waals surface area contributed by atoms with E-state index >= 15 is 0 Å². The fourth-order valence-electron chi connectivity index (χ4n) is 3.17. The van der Waals surface area contributed by atoms with Crippen molar-refractivity contribution in [1.82, 2.24) is 19.9 Å². The molecule has 1 amide bonds. The zero-order valence-electron chi connectivity index (χ0n) is 17.4. The number of rotatable bonds is 9. The minimum absolute atomic E-state index is 0.0140. The molecule has 1 fully saturated rings. The smallest absolute Gasteiger partial charge is 0.248 e. The lowest BCUT2D eigenvalue weighted by Crippen LogP contribution is -2.19. The molecule has 0 spiro atoms. The van der Waals surface area contributed by atoms with Crippen LogP contribution in [0.5, 0.6) is 5.88 Å². The molecule has 3 N–H and O–H groups in total. The lowest BCUT2D eigenvalue weighted by Gasteiger charge is -2.12. The molecule has 4 rings (SSSR count). The van der Waals surface area contributed by atoms with Crippen LogP contribution in [0.25, 0.3) is 11.3 Å². The van der Waals surface area contributed by atoms with Crippen LogP contribution in [0, 0.1) is 0 Å². The van der Waals surface area contributed by atoms with Gasteiger partial charge < -0.3 is 10.5 Å². The van der Waals surface area contributed by atoms with Crippen LogP contribution >= 0.6 is 0 Å². The Morgan fingerprint density at radius 2 is 2.03 bits per heavy atom. The Labute approximate surface area is 185 Å². The normalized spacial score (nSPS) is 13.5. The molecule has 0 radical (unpaired) electrons. The fraction of sp³-hybridized carbons (Fsp3) is 0.286. The van der Waals surface area contributed by atoms with Crippen LogP contribution in [0.15, 0.2) is 42.9 Å². The summed E-state index contributed by atoms with van der Waals surface area (Å²) in [4.78, 5) is 28.8. The van der Waals surface area contributed by atoms with Crippen LogP contribution < -0.4 is 15.2 Å². The number of primary amides is 1. The standard InChI is InChI=1S/C21H22N6O4S/c1-2-31-19-12-23-11-18(26-19)17-6-3-13(20(22)28)9-14(17)10-15-7-8-24-21(25-15)27-32(29,30)16-4-5-16/h3,6-9,11-12,16H,2,4-5,10H2,1H3,(H2,22,28)(H,24,25,27). The third kappa shape index (κ3) is 4.99. The number of carbonyl (C=O) groups excluding carboxylic acids is 1. The summed E-state index contributed by atoms with van der Waals surface area (Å²) in [6.07, 6.45) is 6.17. The van der Waals surface area contributed by atoms with Gasteiger partial charge in [0.1, 0.15) is 0 Å². The number of amides is 1. The summed E-state index contributed by atoms with van der Waals surface area (Å²) >= 11 is 0. The van der Waals surface area contributed by atoms with Gasteiger partial charge in [0.05, 0.1) is 35.6 Å². The van der Waals surface area contributed by atoms with Gasteiger partial charge in [-0.1, -0.05) is 6.07 Å². The zero-order valence-corrected chi connectivity index (χ0v) is 18.2. The second-order valence-electron chi connectivity index (χ2n) is 7.31. The van der Waals surface area contributed by atoms with E-state index in [2.05, 4.69) is 24.7 Å². The fourth-order valence-corrected chi connectivity index (χ4v) is 4.44. The van der Waals surface area contributed by atoms with E-state index in [9.17, 15) is 13.2 Å². The molecule has 166 valence electrons. The van der Waals surface area contributed by atoms with Gasteiger partial charge in [0.2, 0.25) is 27.8 Å². The molecule has 32 heavy (non-hydrogen) atoms. The van der Waals surface area contributed by atoms with Gasteiger partial charge in [0, 0.05) is 23.7 Å². The number of sulfonamides is 1. The van der Waals surface area contributed by atoms with Gasteiger partial charge in [-0.15, -0.1) is 0 Å². The first kappa shape index (κ1) is 21.6. The largest absolute Gasteiger partial charge is 0.477 e. The number of nitrogens with zero attached hydrogens (tertiary/aromatic N) is 4. The minimum atomic E-state index is -3.48. The zero-order chi connectivity index (χ0) is 22.7. The van der Waals surface area contributed by atoms with Crippen LogP contribution in [0.4, 0.5) is 5.95 Å². The maximum absolute atomic E-state index is 12.2. The van der Waals surface area contributed by atoms with Crippen molar-refractivity contribution in [3.05, 3.63) is 59.7 Å². The van der Waals surface area contributed by atoms with Gasteiger partial charge in [-0.3, -0.25) is 14.5 Å². The molecule has 11 heteroatoms. The maximum Gasteiger partial charge on any atom is 0.248 e. The van der Waals surface area contributed by atoms with E-state index in [1.54, 1.807) is 30.5 Å². The number of nitrogens with two attached hydrogens (primary N) is 1. The lowest BCUT2D eigenvalue weighted by molar-refractivity contribution is 0.1000. The molecule has 0 saturated heterocycles. The van der Waals surface area contributed by atoms with Crippen molar-refractivity contribution in [3.63, 3.8) is 0 Å². The number of ether oxygens (including phenoxy) is 1. The predicted molar refractivity (Wildman–Crippen MR) is 118 cm³/mol. The summed E-state index contributed by atoms with van der Waals surface area (Å²) < 4.78 is 32.3. The summed E-state index contributed by atoms with van der Waals surface area (Å²) in [6.45, 7) is 2.30. The molecule has 3 aromatic rings. The third-order valence-corrected chi connectivity index (χ3v) is 6.67. The second-order valence-corrected chi connectivity index (χ2v) is 9.27. The molecule has 1 aliphatic carbocycles. The summed E-state index contributed by atoms with van der Waals surface area (Å²) in [6, 6.07) is 6.71. The van der Waals surface area contributed by atoms with Crippen molar-refractivity contribution in [2.75, 3.05) is 11.3 Å². The highest BCUT2D eigenvalue weighted by molar-refractivity contribution is 7.93. The Balaban J connectivity index is 1.68. The van der Waals surface area contributed by atoms with E-state index in [1.807, 2.05) is 6.92 Å². The van der Waals surface area contributed by atoms with Crippen molar-refractivity contribution in [2.45, 2.75) is 31.4 Å². The van der Waals surface area contributed by atoms with Crippen molar-refractivity contribution in [2.24, 2.45) is 5.73 Å². The van der Waals surface area contributed by atoms with Gasteiger partial charge in [0.25, 0.3) is 0 Å². The Bertz CT molecular complexity index is 1260. The van der Waals surface area contributed by atoms with Gasteiger partial charge in [-0.2, -0.15) is 0 Å². The van der Waals surface area contributed by atoms with E-state index in [1.165, 1.54) is 12.4 Å². The summed E-state index contributed by atoms with van der Waals surface area (Å²) in [5.74, 6) is -0.165. The first-order valence-corrected chi connectivity index (χ1v) is 11.6. The first-order valence-electron chi connectivity index (χ1n) is 10.1. The summed E-state index contributed by atoms with van der Waals surface area (Å²) in [5.41, 5.74) is 8.37. The van der Waals surface area contributed by atoms with Crippen LogP contribution in [0.2, 0.25) is 0 Å². The number of nitrogens with one attached hydrogen (secondary N) is 1.